The van der Waals surface area contributed by atoms with Crippen LogP contribution in [0.5, 0.6) is 5.75 Å². The monoisotopic (exact) mass is 477 g/mol. The van der Waals surface area contributed by atoms with Gasteiger partial charge in [-0.3, -0.25) is 14.4 Å². The molecule has 0 spiro atoms. The van der Waals surface area contributed by atoms with Crippen LogP contribution in [0.4, 0.5) is 0 Å². The lowest BCUT2D eigenvalue weighted by Gasteiger charge is -2.41. The van der Waals surface area contributed by atoms with Crippen LogP contribution in [0.2, 0.25) is 0 Å². The average molecular weight is 478 g/mol. The zero-order valence-corrected chi connectivity index (χ0v) is 20.9. The van der Waals surface area contributed by atoms with Crippen LogP contribution in [0.15, 0.2) is 48.5 Å². The maximum atomic E-state index is 13.6. The number of benzene rings is 2. The third-order valence-corrected chi connectivity index (χ3v) is 6.87. The number of nitrogens with zero attached hydrogens (tertiary/aromatic N) is 3. The lowest BCUT2D eigenvalue weighted by molar-refractivity contribution is -0.149. The predicted octanol–water partition coefficient (Wildman–Crippen LogP) is 2.91. The highest BCUT2D eigenvalue weighted by Crippen LogP contribution is 2.26. The van der Waals surface area contributed by atoms with E-state index in [0.717, 1.165) is 22.4 Å². The van der Waals surface area contributed by atoms with Crippen molar-refractivity contribution in [1.82, 2.24) is 14.7 Å². The third kappa shape index (κ3) is 5.84. The van der Waals surface area contributed by atoms with Crippen molar-refractivity contribution in [3.05, 3.63) is 65.2 Å². The Morgan fingerprint density at radius 2 is 1.60 bits per heavy atom. The molecule has 3 amide bonds. The second-order valence-electron chi connectivity index (χ2n) is 9.84. The van der Waals surface area contributed by atoms with Crippen molar-refractivity contribution in [1.29, 1.82) is 0 Å². The molecule has 4 rings (SSSR count). The van der Waals surface area contributed by atoms with Crippen LogP contribution in [-0.4, -0.2) is 71.8 Å². The smallest absolute Gasteiger partial charge is 0.245 e. The van der Waals surface area contributed by atoms with Gasteiger partial charge in [-0.1, -0.05) is 50.2 Å². The van der Waals surface area contributed by atoms with Crippen LogP contribution < -0.4 is 4.74 Å². The van der Waals surface area contributed by atoms with Gasteiger partial charge >= 0.3 is 0 Å². The third-order valence-electron chi connectivity index (χ3n) is 6.87. The molecule has 2 heterocycles. The maximum absolute atomic E-state index is 13.6. The lowest BCUT2D eigenvalue weighted by atomic mass is 9.92. The topological polar surface area (TPSA) is 70.2 Å². The van der Waals surface area contributed by atoms with Crippen molar-refractivity contribution in [3.63, 3.8) is 0 Å². The van der Waals surface area contributed by atoms with E-state index in [2.05, 4.69) is 6.07 Å². The summed E-state index contributed by atoms with van der Waals surface area (Å²) in [5.74, 6) is 1.02. The Kier molecular flexibility index (Phi) is 7.73. The summed E-state index contributed by atoms with van der Waals surface area (Å²) < 4.78 is 5.25. The molecule has 7 heteroatoms. The maximum Gasteiger partial charge on any atom is 0.245 e. The fraction of sp³-hybridized carbons (Fsp3) is 0.464. The normalized spacial score (nSPS) is 17.8. The molecule has 2 aliphatic rings. The van der Waals surface area contributed by atoms with E-state index >= 15 is 0 Å². The Hall–Kier alpha value is -3.35. The Labute approximate surface area is 207 Å². The van der Waals surface area contributed by atoms with Crippen molar-refractivity contribution >= 4 is 17.7 Å². The van der Waals surface area contributed by atoms with Gasteiger partial charge in [-0.15, -0.1) is 0 Å². The van der Waals surface area contributed by atoms with Gasteiger partial charge in [-0.05, 0) is 34.7 Å². The van der Waals surface area contributed by atoms with Crippen molar-refractivity contribution in [2.24, 2.45) is 5.92 Å². The molecular formula is C28H35N3O4. The van der Waals surface area contributed by atoms with Gasteiger partial charge < -0.3 is 19.4 Å². The molecule has 0 bridgehead atoms. The molecule has 186 valence electrons. The molecule has 2 aliphatic heterocycles. The summed E-state index contributed by atoms with van der Waals surface area (Å²) in [5.41, 5.74) is 3.15. The number of fused-ring (bicyclic) bond motifs is 1. The van der Waals surface area contributed by atoms with Crippen LogP contribution in [0, 0.1) is 5.92 Å². The highest BCUT2D eigenvalue weighted by atomic mass is 16.5. The minimum atomic E-state index is -0.491. The van der Waals surface area contributed by atoms with Gasteiger partial charge in [-0.25, -0.2) is 0 Å². The number of piperazine rings is 1. The number of carbonyl (C=O) groups excluding carboxylic acids is 3. The van der Waals surface area contributed by atoms with E-state index in [1.54, 1.807) is 12.0 Å². The summed E-state index contributed by atoms with van der Waals surface area (Å²) in [4.78, 5) is 45.0. The first kappa shape index (κ1) is 24.8. The SMILES string of the molecule is COc1cccc(CC(=O)N2CCN(C(=O)C3Cc4ccccc4CN3C(=O)CC(C)C)CC2)c1. The van der Waals surface area contributed by atoms with Crippen molar-refractivity contribution in [2.45, 2.75) is 45.7 Å². The molecule has 0 radical (unpaired) electrons. The van der Waals surface area contributed by atoms with Gasteiger partial charge in [0.2, 0.25) is 17.7 Å². The predicted molar refractivity (Wildman–Crippen MR) is 134 cm³/mol. The van der Waals surface area contributed by atoms with Gasteiger partial charge in [0.1, 0.15) is 11.8 Å². The quantitative estimate of drug-likeness (QED) is 0.642. The number of rotatable bonds is 6. The first-order chi connectivity index (χ1) is 16.9. The van der Waals surface area contributed by atoms with Crippen LogP contribution >= 0.6 is 0 Å². The second kappa shape index (κ2) is 10.9. The van der Waals surface area contributed by atoms with E-state index in [4.69, 9.17) is 4.74 Å². The lowest BCUT2D eigenvalue weighted by Crippen LogP contribution is -2.58. The van der Waals surface area contributed by atoms with Gasteiger partial charge in [0.05, 0.1) is 13.5 Å². The van der Waals surface area contributed by atoms with Crippen LogP contribution in [0.1, 0.15) is 37.0 Å². The molecule has 2 aromatic rings. The van der Waals surface area contributed by atoms with E-state index in [1.165, 1.54) is 0 Å². The van der Waals surface area contributed by atoms with Crippen molar-refractivity contribution in [3.8, 4) is 5.75 Å². The van der Waals surface area contributed by atoms with Crippen LogP contribution in [0.25, 0.3) is 0 Å². The fourth-order valence-corrected chi connectivity index (χ4v) is 4.93. The molecule has 0 aromatic heterocycles. The zero-order valence-electron chi connectivity index (χ0n) is 20.9. The molecule has 0 aliphatic carbocycles. The first-order valence-electron chi connectivity index (χ1n) is 12.4. The largest absolute Gasteiger partial charge is 0.497 e. The summed E-state index contributed by atoms with van der Waals surface area (Å²) in [6.07, 6.45) is 1.27. The van der Waals surface area contributed by atoms with E-state index in [9.17, 15) is 14.4 Å². The highest BCUT2D eigenvalue weighted by molar-refractivity contribution is 5.89. The zero-order chi connectivity index (χ0) is 24.9. The van der Waals surface area contributed by atoms with Crippen molar-refractivity contribution < 1.29 is 19.1 Å². The molecule has 1 unspecified atom stereocenters. The summed E-state index contributed by atoms with van der Waals surface area (Å²) in [5, 5.41) is 0. The molecule has 35 heavy (non-hydrogen) atoms. The first-order valence-corrected chi connectivity index (χ1v) is 12.4. The fourth-order valence-electron chi connectivity index (χ4n) is 4.93. The minimum Gasteiger partial charge on any atom is -0.497 e. The second-order valence-corrected chi connectivity index (χ2v) is 9.84. The molecular weight excluding hydrogens is 442 g/mol. The summed E-state index contributed by atoms with van der Waals surface area (Å²) in [6, 6.07) is 15.1. The van der Waals surface area contributed by atoms with E-state index in [-0.39, 0.29) is 23.6 Å². The number of amides is 3. The molecule has 0 N–H and O–H groups in total. The van der Waals surface area contributed by atoms with Gasteiger partial charge in [0.25, 0.3) is 0 Å². The number of carbonyl (C=O) groups is 3. The van der Waals surface area contributed by atoms with Gasteiger partial charge in [-0.2, -0.15) is 0 Å². The number of hydrogen-bond acceptors (Lipinski definition) is 4. The number of ether oxygens (including phenoxy) is 1. The molecule has 0 saturated carbocycles. The average Bonchev–Trinajstić information content (AvgIpc) is 2.87. The van der Waals surface area contributed by atoms with E-state index in [1.807, 2.05) is 66.1 Å². The Morgan fingerprint density at radius 3 is 2.29 bits per heavy atom. The van der Waals surface area contributed by atoms with Crippen molar-refractivity contribution in [2.75, 3.05) is 33.3 Å². The van der Waals surface area contributed by atoms with Gasteiger partial charge in [0.15, 0.2) is 0 Å². The van der Waals surface area contributed by atoms with Gasteiger partial charge in [0, 0.05) is 45.6 Å². The summed E-state index contributed by atoms with van der Waals surface area (Å²) in [6.45, 7) is 6.47. The summed E-state index contributed by atoms with van der Waals surface area (Å²) >= 11 is 0. The molecule has 2 aromatic carbocycles. The molecule has 1 atom stereocenters. The number of hydrogen-bond donors (Lipinski definition) is 0. The molecule has 1 saturated heterocycles. The molecule has 7 nitrogen and oxygen atoms in total. The van der Waals surface area contributed by atoms with Crippen LogP contribution in [-0.2, 0) is 33.8 Å². The highest BCUT2D eigenvalue weighted by Gasteiger charge is 2.38. The Morgan fingerprint density at radius 1 is 0.914 bits per heavy atom. The number of methoxy groups -OCH3 is 1. The standard InChI is InChI=1S/C28H35N3O4/c1-20(2)15-27(33)31-19-23-9-5-4-8-22(23)18-25(31)28(34)30-13-11-29(12-14-30)26(32)17-21-7-6-10-24(16-21)35-3/h4-10,16,20,25H,11-15,17-19H2,1-3H3. The minimum absolute atomic E-state index is 0.0171. The van der Waals surface area contributed by atoms with E-state index < -0.39 is 6.04 Å². The Bertz CT molecular complexity index is 1080. The van der Waals surface area contributed by atoms with E-state index in [0.29, 0.717) is 52.0 Å². The Balaban J connectivity index is 1.40. The molecule has 1 fully saturated rings. The summed E-state index contributed by atoms with van der Waals surface area (Å²) in [7, 11) is 1.61. The van der Waals surface area contributed by atoms with Crippen LogP contribution in [0.3, 0.4) is 0 Å².